The van der Waals surface area contributed by atoms with Gasteiger partial charge in [-0.15, -0.1) is 0 Å². The lowest BCUT2D eigenvalue weighted by molar-refractivity contribution is -0.117. The number of ketones is 1. The molecule has 0 radical (unpaired) electrons. The quantitative estimate of drug-likeness (QED) is 0.119. The van der Waals surface area contributed by atoms with Crippen LogP contribution in [0.25, 0.3) is 11.0 Å². The number of ether oxygens (including phenoxy) is 2. The third-order valence-electron chi connectivity index (χ3n) is 6.77. The van der Waals surface area contributed by atoms with Gasteiger partial charge in [-0.1, -0.05) is 61.4 Å². The number of aryl methyl sites for hydroxylation is 1. The second-order valence-corrected chi connectivity index (χ2v) is 10.6. The van der Waals surface area contributed by atoms with E-state index in [1.807, 2.05) is 12.1 Å². The average Bonchev–Trinajstić information content (AvgIpc) is 3.65. The van der Waals surface area contributed by atoms with Crippen molar-refractivity contribution in [2.45, 2.75) is 46.1 Å². The minimum absolute atomic E-state index is 0.00851. The molecule has 41 heavy (non-hydrogen) atoms. The van der Waals surface area contributed by atoms with Gasteiger partial charge < -0.3 is 19.0 Å². The van der Waals surface area contributed by atoms with Crippen LogP contribution in [-0.2, 0) is 9.53 Å². The first-order valence-electron chi connectivity index (χ1n) is 13.5. The van der Waals surface area contributed by atoms with Gasteiger partial charge in [-0.3, -0.25) is 14.5 Å². The number of carbonyl (C=O) groups is 3. The minimum atomic E-state index is -1.03. The first-order valence-corrected chi connectivity index (χ1v) is 14.3. The van der Waals surface area contributed by atoms with E-state index in [9.17, 15) is 19.5 Å². The van der Waals surface area contributed by atoms with Gasteiger partial charge >= 0.3 is 5.97 Å². The van der Waals surface area contributed by atoms with Gasteiger partial charge in [-0.2, -0.15) is 0 Å². The van der Waals surface area contributed by atoms with Gasteiger partial charge in [0.05, 0.1) is 30.5 Å². The van der Waals surface area contributed by atoms with Crippen molar-refractivity contribution >= 4 is 45.1 Å². The van der Waals surface area contributed by atoms with Crippen molar-refractivity contribution in [2.75, 3.05) is 18.1 Å². The Morgan fingerprint density at radius 3 is 2.56 bits per heavy atom. The Labute approximate surface area is 241 Å². The van der Waals surface area contributed by atoms with E-state index in [1.54, 1.807) is 56.3 Å². The number of amides is 1. The Morgan fingerprint density at radius 1 is 1.10 bits per heavy atom. The maximum atomic E-state index is 13.9. The lowest BCUT2D eigenvalue weighted by Crippen LogP contribution is -2.31. The molecular formula is C31H30N2O7S. The zero-order valence-corrected chi connectivity index (χ0v) is 23.8. The summed E-state index contributed by atoms with van der Waals surface area (Å²) in [5.41, 5.74) is 1.29. The third kappa shape index (κ3) is 5.47. The summed E-state index contributed by atoms with van der Waals surface area (Å²) in [6.45, 7) is 6.22. The zero-order valence-electron chi connectivity index (χ0n) is 23.0. The fourth-order valence-corrected chi connectivity index (χ4v) is 5.72. The first kappa shape index (κ1) is 28.1. The summed E-state index contributed by atoms with van der Waals surface area (Å²) in [6, 6.07) is 14.7. The Balaban J connectivity index is 1.56. The van der Waals surface area contributed by atoms with Crippen molar-refractivity contribution in [1.29, 1.82) is 0 Å². The van der Waals surface area contributed by atoms with Crippen molar-refractivity contribution in [3.63, 3.8) is 0 Å². The van der Waals surface area contributed by atoms with Crippen molar-refractivity contribution in [3.05, 3.63) is 87.8 Å². The highest BCUT2D eigenvalue weighted by Crippen LogP contribution is 2.44. The van der Waals surface area contributed by atoms with E-state index in [1.165, 1.54) is 4.90 Å². The van der Waals surface area contributed by atoms with Crippen LogP contribution < -0.4 is 9.64 Å². The fourth-order valence-electron chi connectivity index (χ4n) is 4.74. The molecule has 1 N–H and O–H groups in total. The van der Waals surface area contributed by atoms with Crippen molar-refractivity contribution < 1.29 is 33.4 Å². The molecule has 5 rings (SSSR count). The molecule has 0 fully saturated rings. The number of aliphatic hydroxyl groups is 1. The van der Waals surface area contributed by atoms with Crippen LogP contribution in [0.2, 0.25) is 0 Å². The summed E-state index contributed by atoms with van der Waals surface area (Å²) in [5, 5.41) is 12.0. The molecule has 4 aromatic rings. The number of hydrogen-bond donors (Lipinski definition) is 1. The molecule has 10 heteroatoms. The lowest BCUT2D eigenvalue weighted by atomic mass is 9.95. The Morgan fingerprint density at radius 2 is 1.85 bits per heavy atom. The Kier molecular flexibility index (Phi) is 8.21. The summed E-state index contributed by atoms with van der Waals surface area (Å²) in [5.74, 6) is -2.06. The maximum Gasteiger partial charge on any atom is 0.350 e. The monoisotopic (exact) mass is 574 g/mol. The standard InChI is InChI=1S/C31H30N2O7S/c1-4-6-9-16-39-21-14-12-19(13-15-21)25-24(26(34)23-17-20-10-7-8-11-22(20)40-23)27(35)29(36)33(25)31-32-18(3)28(41-31)30(37)38-5-2/h7-8,10-15,17,25,35H,4-6,9,16H2,1-3H3. The van der Waals surface area contributed by atoms with Crippen LogP contribution in [0.15, 0.2) is 70.3 Å². The van der Waals surface area contributed by atoms with Gasteiger partial charge in [-0.05, 0) is 50.1 Å². The van der Waals surface area contributed by atoms with Gasteiger partial charge in [0.15, 0.2) is 16.7 Å². The second kappa shape index (κ2) is 12.0. The number of carbonyl (C=O) groups excluding carboxylic acids is 3. The number of thiazole rings is 1. The Hall–Kier alpha value is -4.44. The van der Waals surface area contributed by atoms with Crippen LogP contribution >= 0.6 is 11.3 Å². The largest absolute Gasteiger partial charge is 0.503 e. The van der Waals surface area contributed by atoms with Gasteiger partial charge in [0, 0.05) is 5.39 Å². The molecule has 1 aliphatic heterocycles. The highest BCUT2D eigenvalue weighted by atomic mass is 32.1. The second-order valence-electron chi connectivity index (χ2n) is 9.57. The number of esters is 1. The van der Waals surface area contributed by atoms with Gasteiger partial charge in [-0.25, -0.2) is 9.78 Å². The molecule has 1 aliphatic rings. The molecule has 2 aromatic heterocycles. The molecule has 0 saturated heterocycles. The van der Waals surface area contributed by atoms with Crippen LogP contribution in [0.3, 0.4) is 0 Å². The molecular weight excluding hydrogens is 544 g/mol. The number of fused-ring (bicyclic) bond motifs is 1. The summed E-state index contributed by atoms with van der Waals surface area (Å²) >= 11 is 0.963. The molecule has 1 amide bonds. The van der Waals surface area contributed by atoms with Crippen molar-refractivity contribution in [1.82, 2.24) is 4.98 Å². The van der Waals surface area contributed by atoms with Crippen LogP contribution in [0.4, 0.5) is 5.13 Å². The number of nitrogens with zero attached hydrogens (tertiary/aromatic N) is 2. The number of furan rings is 1. The summed E-state index contributed by atoms with van der Waals surface area (Å²) in [6.07, 6.45) is 3.08. The van der Waals surface area contributed by atoms with E-state index >= 15 is 0 Å². The van der Waals surface area contributed by atoms with E-state index in [4.69, 9.17) is 13.9 Å². The van der Waals surface area contributed by atoms with Crippen molar-refractivity contribution in [3.8, 4) is 5.75 Å². The number of rotatable bonds is 11. The summed E-state index contributed by atoms with van der Waals surface area (Å²) in [7, 11) is 0. The van der Waals surface area contributed by atoms with Gasteiger partial charge in [0.25, 0.3) is 5.91 Å². The fraction of sp³-hybridized carbons (Fsp3) is 0.290. The third-order valence-corrected chi connectivity index (χ3v) is 7.90. The van der Waals surface area contributed by atoms with Crippen LogP contribution in [0, 0.1) is 6.92 Å². The normalized spacial score (nSPS) is 15.1. The predicted molar refractivity (Wildman–Crippen MR) is 155 cm³/mol. The number of para-hydroxylation sites is 1. The van der Waals surface area contributed by atoms with Crippen molar-refractivity contribution in [2.24, 2.45) is 0 Å². The topological polar surface area (TPSA) is 119 Å². The van der Waals surface area contributed by atoms with E-state index < -0.39 is 29.5 Å². The molecule has 9 nitrogen and oxygen atoms in total. The van der Waals surface area contributed by atoms with E-state index in [-0.39, 0.29) is 27.9 Å². The molecule has 212 valence electrons. The zero-order chi connectivity index (χ0) is 29.1. The highest BCUT2D eigenvalue weighted by Gasteiger charge is 2.47. The summed E-state index contributed by atoms with van der Waals surface area (Å²) in [4.78, 5) is 45.9. The number of benzene rings is 2. The predicted octanol–water partition coefficient (Wildman–Crippen LogP) is 6.73. The molecule has 0 aliphatic carbocycles. The lowest BCUT2D eigenvalue weighted by Gasteiger charge is -2.24. The molecule has 1 atom stereocenters. The van der Waals surface area contributed by atoms with Crippen LogP contribution in [0.1, 0.15) is 70.6 Å². The smallest absolute Gasteiger partial charge is 0.350 e. The molecule has 0 saturated carbocycles. The molecule has 0 bridgehead atoms. The molecule has 0 spiro atoms. The van der Waals surface area contributed by atoms with Gasteiger partial charge in [0.2, 0.25) is 5.78 Å². The van der Waals surface area contributed by atoms with E-state index in [0.717, 1.165) is 30.6 Å². The number of Topliss-reactive ketones (excluding diaryl/α,β-unsaturated/α-hetero) is 1. The SMILES string of the molecule is CCCCCOc1ccc(C2C(C(=O)c3cc4ccccc4o3)=C(O)C(=O)N2c2nc(C)c(C(=O)OCC)s2)cc1. The highest BCUT2D eigenvalue weighted by molar-refractivity contribution is 7.17. The van der Waals surface area contributed by atoms with Crippen LogP contribution in [0.5, 0.6) is 5.75 Å². The number of hydrogen-bond acceptors (Lipinski definition) is 9. The Bertz CT molecular complexity index is 1600. The van der Waals surface area contributed by atoms with E-state index in [0.29, 0.717) is 34.6 Å². The molecule has 1 unspecified atom stereocenters. The first-order chi connectivity index (χ1) is 19.8. The maximum absolute atomic E-state index is 13.9. The van der Waals surface area contributed by atoms with Crippen LogP contribution in [-0.4, -0.2) is 41.0 Å². The molecule has 3 heterocycles. The number of unbranched alkanes of at least 4 members (excludes halogenated alkanes) is 2. The summed E-state index contributed by atoms with van der Waals surface area (Å²) < 4.78 is 16.8. The number of aliphatic hydroxyl groups excluding tert-OH is 1. The van der Waals surface area contributed by atoms with E-state index in [2.05, 4.69) is 11.9 Å². The number of aromatic nitrogens is 1. The average molecular weight is 575 g/mol. The molecule has 2 aromatic carbocycles. The van der Waals surface area contributed by atoms with Gasteiger partial charge in [0.1, 0.15) is 16.2 Å². The number of anilines is 1. The minimum Gasteiger partial charge on any atom is -0.503 e.